The number of carbonyl (C=O) groups excluding carboxylic acids is 1. The number of hydrogen-bond acceptors (Lipinski definition) is 3. The van der Waals surface area contributed by atoms with Gasteiger partial charge < -0.3 is 9.47 Å². The first-order valence-electron chi connectivity index (χ1n) is 3.02. The summed E-state index contributed by atoms with van der Waals surface area (Å²) in [5.74, 6) is -0.300. The van der Waals surface area contributed by atoms with Crippen LogP contribution < -0.4 is 0 Å². The number of carbonyl (C=O) groups is 1. The fraction of sp³-hybridized carbons (Fsp3) is 0.833. The van der Waals surface area contributed by atoms with Gasteiger partial charge in [-0.15, -0.1) is 0 Å². The molecule has 0 saturated carbocycles. The summed E-state index contributed by atoms with van der Waals surface area (Å²) in [5, 5.41) is 0. The molecule has 10 heavy (non-hydrogen) atoms. The van der Waals surface area contributed by atoms with Crippen molar-refractivity contribution < 1.29 is 14.3 Å². The van der Waals surface area contributed by atoms with Crippen LogP contribution in [0.15, 0.2) is 0 Å². The van der Waals surface area contributed by atoms with Crippen molar-refractivity contribution in [3.63, 3.8) is 0 Å². The summed E-state index contributed by atoms with van der Waals surface area (Å²) in [6.45, 7) is 3.68. The normalized spacial score (nSPS) is 12.7. The largest absolute Gasteiger partial charge is 0.463 e. The van der Waals surface area contributed by atoms with Crippen molar-refractivity contribution in [3.8, 4) is 0 Å². The van der Waals surface area contributed by atoms with Gasteiger partial charge in [-0.3, -0.25) is 4.79 Å². The maximum absolute atomic E-state index is 10.2. The lowest BCUT2D eigenvalue weighted by atomic mass is 10.7. The lowest BCUT2D eigenvalue weighted by molar-refractivity contribution is -0.142. The molecule has 60 valence electrons. The van der Waals surface area contributed by atoms with Gasteiger partial charge in [0.1, 0.15) is 12.2 Å². The molecule has 4 heteroatoms. The first-order chi connectivity index (χ1) is 4.63. The molecule has 0 aromatic rings. The predicted octanol–water partition coefficient (Wildman–Crippen LogP) is 1.15. The van der Waals surface area contributed by atoms with Crippen molar-refractivity contribution in [1.29, 1.82) is 0 Å². The lowest BCUT2D eigenvalue weighted by Crippen LogP contribution is -2.10. The van der Waals surface area contributed by atoms with Crippen molar-refractivity contribution in [2.75, 3.05) is 13.2 Å². The molecule has 0 fully saturated rings. The Hall–Kier alpha value is -0.280. The van der Waals surface area contributed by atoms with E-state index in [1.807, 2.05) is 0 Å². The Balaban J connectivity index is 2.98. The zero-order valence-corrected chi connectivity index (χ0v) is 6.85. The summed E-state index contributed by atoms with van der Waals surface area (Å²) in [7, 11) is 0. The van der Waals surface area contributed by atoms with E-state index in [4.69, 9.17) is 16.3 Å². The van der Waals surface area contributed by atoms with Crippen molar-refractivity contribution in [3.05, 3.63) is 0 Å². The second-order valence-corrected chi connectivity index (χ2v) is 2.37. The number of alkyl halides is 1. The number of esters is 1. The van der Waals surface area contributed by atoms with Crippen LogP contribution in [0.1, 0.15) is 13.8 Å². The lowest BCUT2D eigenvalue weighted by Gasteiger charge is -2.04. The fourth-order valence-electron chi connectivity index (χ4n) is 0.396. The highest BCUT2D eigenvalue weighted by Crippen LogP contribution is 1.94. The topological polar surface area (TPSA) is 35.5 Å². The van der Waals surface area contributed by atoms with E-state index in [0.29, 0.717) is 6.61 Å². The van der Waals surface area contributed by atoms with Crippen molar-refractivity contribution >= 4 is 17.6 Å². The maximum Gasteiger partial charge on any atom is 0.302 e. The average Bonchev–Trinajstić information content (AvgIpc) is 1.79. The SMILES string of the molecule is CC(=O)OCCOC(C)Cl. The minimum atomic E-state index is -0.324. The molecule has 0 aromatic carbocycles. The molecule has 0 radical (unpaired) electrons. The fourth-order valence-corrected chi connectivity index (χ4v) is 0.485. The van der Waals surface area contributed by atoms with Crippen LogP contribution in [0.2, 0.25) is 0 Å². The van der Waals surface area contributed by atoms with Crippen molar-refractivity contribution in [1.82, 2.24) is 0 Å². The standard InChI is InChI=1S/C6H11ClO3/c1-5(7)9-3-4-10-6(2)8/h5H,3-4H2,1-2H3. The number of rotatable bonds is 4. The van der Waals surface area contributed by atoms with Gasteiger partial charge in [0.2, 0.25) is 0 Å². The molecule has 0 aliphatic heterocycles. The van der Waals surface area contributed by atoms with Crippen LogP contribution >= 0.6 is 11.6 Å². The molecule has 0 heterocycles. The molecule has 0 amide bonds. The smallest absolute Gasteiger partial charge is 0.302 e. The van der Waals surface area contributed by atoms with Gasteiger partial charge in [0.05, 0.1) is 6.61 Å². The summed E-state index contributed by atoms with van der Waals surface area (Å²) in [5.41, 5.74) is -0.324. The van der Waals surface area contributed by atoms with E-state index in [1.165, 1.54) is 6.92 Å². The molecule has 0 bridgehead atoms. The molecular weight excluding hydrogens is 156 g/mol. The second-order valence-electron chi connectivity index (χ2n) is 1.75. The van der Waals surface area contributed by atoms with E-state index in [-0.39, 0.29) is 18.1 Å². The van der Waals surface area contributed by atoms with Gasteiger partial charge in [-0.25, -0.2) is 0 Å². The highest BCUT2D eigenvalue weighted by molar-refractivity contribution is 6.19. The monoisotopic (exact) mass is 166 g/mol. The molecule has 0 aromatic heterocycles. The summed E-state index contributed by atoms with van der Waals surface area (Å²) in [4.78, 5) is 10.2. The first kappa shape index (κ1) is 9.72. The van der Waals surface area contributed by atoms with Crippen LogP contribution in [0, 0.1) is 0 Å². The molecule has 3 nitrogen and oxygen atoms in total. The Kier molecular flexibility index (Phi) is 5.35. The Morgan fingerprint density at radius 1 is 1.60 bits per heavy atom. The van der Waals surface area contributed by atoms with E-state index >= 15 is 0 Å². The van der Waals surface area contributed by atoms with Gasteiger partial charge in [0, 0.05) is 6.92 Å². The van der Waals surface area contributed by atoms with Crippen LogP contribution in [0.4, 0.5) is 0 Å². The summed E-state index contributed by atoms with van der Waals surface area (Å²) in [6.07, 6.45) is 0. The van der Waals surface area contributed by atoms with Gasteiger partial charge in [0.25, 0.3) is 0 Å². The minimum absolute atomic E-state index is 0.270. The van der Waals surface area contributed by atoms with E-state index in [0.717, 1.165) is 0 Å². The van der Waals surface area contributed by atoms with Gasteiger partial charge in [-0.1, -0.05) is 11.6 Å². The predicted molar refractivity (Wildman–Crippen MR) is 37.9 cm³/mol. The zero-order chi connectivity index (χ0) is 7.98. The highest BCUT2D eigenvalue weighted by Gasteiger charge is 1.95. The average molecular weight is 167 g/mol. The zero-order valence-electron chi connectivity index (χ0n) is 6.09. The van der Waals surface area contributed by atoms with Gasteiger partial charge in [-0.2, -0.15) is 0 Å². The molecule has 0 aliphatic carbocycles. The van der Waals surface area contributed by atoms with Gasteiger partial charge >= 0.3 is 5.97 Å². The Morgan fingerprint density at radius 2 is 2.20 bits per heavy atom. The van der Waals surface area contributed by atoms with Crippen molar-refractivity contribution in [2.24, 2.45) is 0 Å². The second kappa shape index (κ2) is 5.50. The van der Waals surface area contributed by atoms with Crippen LogP contribution in [0.3, 0.4) is 0 Å². The Morgan fingerprint density at radius 3 is 2.60 bits per heavy atom. The summed E-state index contributed by atoms with van der Waals surface area (Å²) >= 11 is 5.43. The summed E-state index contributed by atoms with van der Waals surface area (Å²) < 4.78 is 9.45. The molecule has 1 atom stereocenters. The van der Waals surface area contributed by atoms with E-state index in [2.05, 4.69) is 4.74 Å². The molecular formula is C6H11ClO3. The highest BCUT2D eigenvalue weighted by atomic mass is 35.5. The van der Waals surface area contributed by atoms with E-state index < -0.39 is 0 Å². The summed E-state index contributed by atoms with van der Waals surface area (Å²) in [6, 6.07) is 0. The van der Waals surface area contributed by atoms with E-state index in [9.17, 15) is 4.79 Å². The van der Waals surface area contributed by atoms with E-state index in [1.54, 1.807) is 6.92 Å². The minimum Gasteiger partial charge on any atom is -0.463 e. The third-order valence-corrected chi connectivity index (χ3v) is 0.862. The van der Waals surface area contributed by atoms with Gasteiger partial charge in [0.15, 0.2) is 0 Å². The maximum atomic E-state index is 10.2. The number of ether oxygens (including phenoxy) is 2. The quantitative estimate of drug-likeness (QED) is 0.357. The Bertz CT molecular complexity index is 103. The molecule has 1 unspecified atom stereocenters. The molecule has 0 aliphatic rings. The van der Waals surface area contributed by atoms with Crippen LogP contribution in [-0.2, 0) is 14.3 Å². The number of hydrogen-bond donors (Lipinski definition) is 0. The molecule has 0 rings (SSSR count). The van der Waals surface area contributed by atoms with Crippen LogP contribution in [0.5, 0.6) is 0 Å². The third-order valence-electron chi connectivity index (χ3n) is 0.736. The van der Waals surface area contributed by atoms with Gasteiger partial charge in [-0.05, 0) is 6.92 Å². The molecule has 0 N–H and O–H groups in total. The number of halogens is 1. The molecule has 0 saturated heterocycles. The van der Waals surface area contributed by atoms with Crippen LogP contribution in [0.25, 0.3) is 0 Å². The van der Waals surface area contributed by atoms with Crippen LogP contribution in [-0.4, -0.2) is 24.7 Å². The molecule has 0 spiro atoms. The Labute approximate surface area is 65.3 Å². The first-order valence-corrected chi connectivity index (χ1v) is 3.45. The third kappa shape index (κ3) is 7.72. The van der Waals surface area contributed by atoms with Crippen molar-refractivity contribution in [2.45, 2.75) is 19.4 Å².